The number of hydrogen-bond donors (Lipinski definition) is 1. The first-order valence-corrected chi connectivity index (χ1v) is 8.41. The van der Waals surface area contributed by atoms with E-state index >= 15 is 0 Å². The molecule has 0 radical (unpaired) electrons. The molecule has 0 aliphatic heterocycles. The van der Waals surface area contributed by atoms with Gasteiger partial charge in [0.25, 0.3) is 11.6 Å². The number of nitrogens with one attached hydrogen (secondary N) is 1. The molecule has 11 heteroatoms. The lowest BCUT2D eigenvalue weighted by Crippen LogP contribution is -2.24. The molecule has 1 amide bonds. The van der Waals surface area contributed by atoms with E-state index in [1.54, 1.807) is 6.07 Å². The molecule has 0 fully saturated rings. The smallest absolute Gasteiger partial charge is 0.282 e. The molecule has 148 valence electrons. The van der Waals surface area contributed by atoms with E-state index in [0.717, 1.165) is 6.21 Å². The third-order valence-electron chi connectivity index (χ3n) is 3.38. The minimum Gasteiger partial charge on any atom is -0.493 e. The van der Waals surface area contributed by atoms with Crippen LogP contribution in [-0.2, 0) is 4.79 Å². The minimum absolute atomic E-state index is 0.115. The van der Waals surface area contributed by atoms with Gasteiger partial charge in [0.1, 0.15) is 5.75 Å². The Morgan fingerprint density at radius 3 is 2.46 bits per heavy atom. The molecule has 28 heavy (non-hydrogen) atoms. The second-order valence-electron chi connectivity index (χ2n) is 5.18. The number of rotatable bonds is 8. The zero-order valence-electron chi connectivity index (χ0n) is 14.8. The average molecular weight is 428 g/mol. The Morgan fingerprint density at radius 1 is 1.18 bits per heavy atom. The molecule has 1 N–H and O–H groups in total. The monoisotopic (exact) mass is 427 g/mol. The van der Waals surface area contributed by atoms with Crippen LogP contribution in [0.2, 0.25) is 10.0 Å². The number of carbonyl (C=O) groups is 1. The van der Waals surface area contributed by atoms with Crippen molar-refractivity contribution in [2.75, 3.05) is 20.8 Å². The summed E-state index contributed by atoms with van der Waals surface area (Å²) in [5, 5.41) is 15.6. The van der Waals surface area contributed by atoms with Gasteiger partial charge in [-0.25, -0.2) is 5.43 Å². The molecular weight excluding hydrogens is 413 g/mol. The molecule has 0 aliphatic carbocycles. The van der Waals surface area contributed by atoms with Gasteiger partial charge in [0.05, 0.1) is 42.0 Å². The SMILES string of the molecule is COc1cc(C=NNC(=O)COc2ccc(Cl)cc2Cl)c([N+](=O)[O-])cc1OC. The molecule has 2 aromatic rings. The molecule has 0 unspecified atom stereocenters. The van der Waals surface area contributed by atoms with Crippen molar-refractivity contribution in [1.29, 1.82) is 0 Å². The standard InChI is InChI=1S/C17H15Cl2N3O6/c1-26-15-5-10(13(22(24)25)7-16(15)27-2)8-20-21-17(23)9-28-14-4-3-11(18)6-12(14)19/h3-8H,9H2,1-2H3,(H,21,23). The molecule has 0 aliphatic rings. The maximum Gasteiger partial charge on any atom is 0.282 e. The summed E-state index contributed by atoms with van der Waals surface area (Å²) in [4.78, 5) is 22.4. The van der Waals surface area contributed by atoms with E-state index in [4.69, 9.17) is 37.4 Å². The highest BCUT2D eigenvalue weighted by Crippen LogP contribution is 2.33. The fraction of sp³-hybridized carbons (Fsp3) is 0.176. The number of carbonyl (C=O) groups excluding carboxylic acids is 1. The maximum absolute atomic E-state index is 11.8. The average Bonchev–Trinajstić information content (AvgIpc) is 2.66. The number of hydrogen-bond acceptors (Lipinski definition) is 7. The van der Waals surface area contributed by atoms with Crippen molar-refractivity contribution in [3.8, 4) is 17.2 Å². The Kier molecular flexibility index (Phi) is 7.42. The first kappa shape index (κ1) is 21.3. The molecule has 0 bridgehead atoms. The van der Waals surface area contributed by atoms with E-state index in [0.29, 0.717) is 5.02 Å². The van der Waals surface area contributed by atoms with Crippen molar-refractivity contribution in [2.45, 2.75) is 0 Å². The number of benzene rings is 2. The van der Waals surface area contributed by atoms with Crippen LogP contribution in [0, 0.1) is 10.1 Å². The van der Waals surface area contributed by atoms with Gasteiger partial charge in [-0.15, -0.1) is 0 Å². The van der Waals surface area contributed by atoms with Crippen LogP contribution in [0.15, 0.2) is 35.4 Å². The summed E-state index contributed by atoms with van der Waals surface area (Å²) < 4.78 is 15.4. The molecule has 0 atom stereocenters. The highest BCUT2D eigenvalue weighted by Gasteiger charge is 2.18. The van der Waals surface area contributed by atoms with Crippen LogP contribution in [0.4, 0.5) is 5.69 Å². The summed E-state index contributed by atoms with van der Waals surface area (Å²) in [6.45, 7) is -0.368. The summed E-state index contributed by atoms with van der Waals surface area (Å²) >= 11 is 11.7. The van der Waals surface area contributed by atoms with Gasteiger partial charge >= 0.3 is 0 Å². The summed E-state index contributed by atoms with van der Waals surface area (Å²) in [7, 11) is 2.76. The molecule has 0 heterocycles. The molecule has 9 nitrogen and oxygen atoms in total. The molecular formula is C17H15Cl2N3O6. The van der Waals surface area contributed by atoms with E-state index in [1.165, 1.54) is 38.5 Å². The highest BCUT2D eigenvalue weighted by molar-refractivity contribution is 6.35. The largest absolute Gasteiger partial charge is 0.493 e. The Labute approximate surface area is 169 Å². The van der Waals surface area contributed by atoms with E-state index in [-0.39, 0.29) is 40.1 Å². The summed E-state index contributed by atoms with van der Waals surface area (Å²) in [6, 6.07) is 7.14. The number of halogens is 2. The van der Waals surface area contributed by atoms with Gasteiger partial charge in [-0.1, -0.05) is 23.2 Å². The third kappa shape index (κ3) is 5.48. The van der Waals surface area contributed by atoms with Crippen LogP contribution in [0.25, 0.3) is 0 Å². The number of hydrazone groups is 1. The fourth-order valence-electron chi connectivity index (χ4n) is 2.09. The predicted octanol–water partition coefficient (Wildman–Crippen LogP) is 3.45. The van der Waals surface area contributed by atoms with Crippen LogP contribution < -0.4 is 19.6 Å². The quantitative estimate of drug-likeness (QED) is 0.392. The lowest BCUT2D eigenvalue weighted by atomic mass is 10.1. The highest BCUT2D eigenvalue weighted by atomic mass is 35.5. The molecule has 0 saturated carbocycles. The first-order valence-electron chi connectivity index (χ1n) is 7.66. The van der Waals surface area contributed by atoms with Gasteiger partial charge in [0.2, 0.25) is 0 Å². The number of nitro benzene ring substituents is 1. The zero-order chi connectivity index (χ0) is 20.7. The van der Waals surface area contributed by atoms with Gasteiger partial charge < -0.3 is 14.2 Å². The molecule has 2 aromatic carbocycles. The Bertz CT molecular complexity index is 920. The van der Waals surface area contributed by atoms with Crippen molar-refractivity contribution in [3.63, 3.8) is 0 Å². The van der Waals surface area contributed by atoms with Crippen molar-refractivity contribution in [1.82, 2.24) is 5.43 Å². The predicted molar refractivity (Wildman–Crippen MR) is 104 cm³/mol. The third-order valence-corrected chi connectivity index (χ3v) is 3.91. The van der Waals surface area contributed by atoms with Gasteiger partial charge in [-0.3, -0.25) is 14.9 Å². The first-order chi connectivity index (χ1) is 13.3. The number of methoxy groups -OCH3 is 2. The van der Waals surface area contributed by atoms with Crippen molar-refractivity contribution in [3.05, 3.63) is 56.1 Å². The van der Waals surface area contributed by atoms with Crippen molar-refractivity contribution < 1.29 is 23.9 Å². The lowest BCUT2D eigenvalue weighted by molar-refractivity contribution is -0.385. The Balaban J connectivity index is 2.05. The molecule has 2 rings (SSSR count). The van der Waals surface area contributed by atoms with Crippen LogP contribution >= 0.6 is 23.2 Å². The summed E-state index contributed by atoms with van der Waals surface area (Å²) in [5.41, 5.74) is 2.06. The van der Waals surface area contributed by atoms with Crippen molar-refractivity contribution in [2.24, 2.45) is 5.10 Å². The number of ether oxygens (including phenoxy) is 3. The van der Waals surface area contributed by atoms with Crippen LogP contribution in [0.3, 0.4) is 0 Å². The van der Waals surface area contributed by atoms with E-state index in [2.05, 4.69) is 10.5 Å². The Hall–Kier alpha value is -3.04. The van der Waals surface area contributed by atoms with Crippen LogP contribution in [0.5, 0.6) is 17.2 Å². The Morgan fingerprint density at radius 2 is 1.86 bits per heavy atom. The van der Waals surface area contributed by atoms with Crippen LogP contribution in [-0.4, -0.2) is 37.9 Å². The van der Waals surface area contributed by atoms with E-state index < -0.39 is 10.8 Å². The summed E-state index contributed by atoms with van der Waals surface area (Å²) in [6.07, 6.45) is 1.12. The lowest BCUT2D eigenvalue weighted by Gasteiger charge is -2.08. The second kappa shape index (κ2) is 9.77. The van der Waals surface area contributed by atoms with Crippen LogP contribution in [0.1, 0.15) is 5.56 Å². The van der Waals surface area contributed by atoms with Crippen molar-refractivity contribution >= 4 is 41.0 Å². The van der Waals surface area contributed by atoms with Gasteiger partial charge in [0, 0.05) is 5.02 Å². The molecule has 0 aromatic heterocycles. The topological polar surface area (TPSA) is 112 Å². The van der Waals surface area contributed by atoms with Gasteiger partial charge in [-0.05, 0) is 24.3 Å². The molecule has 0 spiro atoms. The van der Waals surface area contributed by atoms with E-state index in [9.17, 15) is 14.9 Å². The van der Waals surface area contributed by atoms with Gasteiger partial charge in [0.15, 0.2) is 18.1 Å². The number of nitrogens with zero attached hydrogens (tertiary/aromatic N) is 2. The number of amides is 1. The number of nitro groups is 1. The maximum atomic E-state index is 11.8. The summed E-state index contributed by atoms with van der Waals surface area (Å²) in [5.74, 6) is 0.163. The second-order valence-corrected chi connectivity index (χ2v) is 6.02. The normalized spacial score (nSPS) is 10.6. The zero-order valence-corrected chi connectivity index (χ0v) is 16.3. The fourth-order valence-corrected chi connectivity index (χ4v) is 2.55. The van der Waals surface area contributed by atoms with Gasteiger partial charge in [-0.2, -0.15) is 5.10 Å². The molecule has 0 saturated heterocycles. The minimum atomic E-state index is -0.600. The van der Waals surface area contributed by atoms with E-state index in [1.807, 2.05) is 0 Å².